The van der Waals surface area contributed by atoms with Gasteiger partial charge in [-0.1, -0.05) is 19.9 Å². The van der Waals surface area contributed by atoms with Gasteiger partial charge in [-0.05, 0) is 23.6 Å². The van der Waals surface area contributed by atoms with Gasteiger partial charge in [0.15, 0.2) is 0 Å². The largest absolute Gasteiger partial charge is 0.508 e. The van der Waals surface area contributed by atoms with Crippen LogP contribution < -0.4 is 5.32 Å². The SMILES string of the molecule is CC(C)C(=O)Nc1ccc2cc(O)cc(S(=O)(=O)O)c2c1. The molecule has 2 aromatic rings. The summed E-state index contributed by atoms with van der Waals surface area (Å²) in [5, 5.41) is 12.8. The molecule has 0 aliphatic rings. The number of aromatic hydroxyl groups is 1. The Balaban J connectivity index is 2.61. The second-order valence-corrected chi connectivity index (χ2v) is 6.39. The zero-order valence-electron chi connectivity index (χ0n) is 11.5. The Bertz CT molecular complexity index is 811. The molecule has 0 bridgehead atoms. The predicted octanol–water partition coefficient (Wildman–Crippen LogP) is 2.39. The lowest BCUT2D eigenvalue weighted by Crippen LogP contribution is -2.17. The number of benzene rings is 2. The molecule has 0 aliphatic carbocycles. The molecular weight excluding hydrogens is 294 g/mol. The molecule has 2 aromatic carbocycles. The van der Waals surface area contributed by atoms with Crippen LogP contribution in [0.4, 0.5) is 5.69 Å². The fourth-order valence-electron chi connectivity index (χ4n) is 1.89. The number of carbonyl (C=O) groups is 1. The minimum Gasteiger partial charge on any atom is -0.508 e. The van der Waals surface area contributed by atoms with Crippen LogP contribution in [0.2, 0.25) is 0 Å². The van der Waals surface area contributed by atoms with Crippen LogP contribution in [0, 0.1) is 5.92 Å². The van der Waals surface area contributed by atoms with Gasteiger partial charge < -0.3 is 10.4 Å². The molecule has 0 radical (unpaired) electrons. The van der Waals surface area contributed by atoms with Crippen LogP contribution in [0.3, 0.4) is 0 Å². The molecule has 3 N–H and O–H groups in total. The first kappa shape index (κ1) is 15.3. The molecule has 0 aliphatic heterocycles. The van der Waals surface area contributed by atoms with E-state index >= 15 is 0 Å². The van der Waals surface area contributed by atoms with Crippen LogP contribution in [-0.4, -0.2) is 24.0 Å². The predicted molar refractivity (Wildman–Crippen MR) is 78.9 cm³/mol. The van der Waals surface area contributed by atoms with Crippen LogP contribution in [0.25, 0.3) is 10.8 Å². The number of nitrogens with one attached hydrogen (secondary N) is 1. The number of rotatable bonds is 3. The third-order valence-electron chi connectivity index (χ3n) is 2.97. The van der Waals surface area contributed by atoms with Crippen molar-refractivity contribution in [3.05, 3.63) is 30.3 Å². The van der Waals surface area contributed by atoms with E-state index in [1.807, 2.05) is 0 Å². The fourth-order valence-corrected chi connectivity index (χ4v) is 2.61. The van der Waals surface area contributed by atoms with E-state index in [-0.39, 0.29) is 23.0 Å². The van der Waals surface area contributed by atoms with Crippen LogP contribution >= 0.6 is 0 Å². The maximum atomic E-state index is 11.7. The Morgan fingerprint density at radius 1 is 1.19 bits per heavy atom. The normalized spacial score (nSPS) is 11.8. The Hall–Kier alpha value is -2.12. The van der Waals surface area contributed by atoms with Gasteiger partial charge in [-0.15, -0.1) is 0 Å². The topological polar surface area (TPSA) is 104 Å². The van der Waals surface area contributed by atoms with E-state index in [0.717, 1.165) is 6.07 Å². The van der Waals surface area contributed by atoms with Crippen molar-refractivity contribution in [2.24, 2.45) is 5.92 Å². The summed E-state index contributed by atoms with van der Waals surface area (Å²) in [4.78, 5) is 11.3. The maximum Gasteiger partial charge on any atom is 0.295 e. The number of phenols is 1. The van der Waals surface area contributed by atoms with Crippen LogP contribution in [0.5, 0.6) is 5.75 Å². The van der Waals surface area contributed by atoms with E-state index in [4.69, 9.17) is 0 Å². The Kier molecular flexibility index (Phi) is 3.89. The van der Waals surface area contributed by atoms with Gasteiger partial charge >= 0.3 is 0 Å². The van der Waals surface area contributed by atoms with Crippen molar-refractivity contribution < 1.29 is 22.9 Å². The van der Waals surface area contributed by atoms with Crippen molar-refractivity contribution in [2.45, 2.75) is 18.7 Å². The van der Waals surface area contributed by atoms with Gasteiger partial charge in [-0.2, -0.15) is 8.42 Å². The number of fused-ring (bicyclic) bond motifs is 1. The fraction of sp³-hybridized carbons (Fsp3) is 0.214. The zero-order chi connectivity index (χ0) is 15.8. The smallest absolute Gasteiger partial charge is 0.295 e. The van der Waals surface area contributed by atoms with Gasteiger partial charge in [0.05, 0.1) is 0 Å². The highest BCUT2D eigenvalue weighted by atomic mass is 32.2. The second-order valence-electron chi connectivity index (χ2n) is 5.00. The molecule has 1 amide bonds. The van der Waals surface area contributed by atoms with E-state index in [1.54, 1.807) is 26.0 Å². The number of hydrogen-bond donors (Lipinski definition) is 3. The summed E-state index contributed by atoms with van der Waals surface area (Å²) in [7, 11) is -4.49. The average molecular weight is 309 g/mol. The number of hydrogen-bond acceptors (Lipinski definition) is 4. The molecule has 0 fully saturated rings. The van der Waals surface area contributed by atoms with E-state index < -0.39 is 15.0 Å². The minimum absolute atomic E-state index is 0.207. The second kappa shape index (κ2) is 5.34. The van der Waals surface area contributed by atoms with Gasteiger partial charge in [0.2, 0.25) is 5.91 Å². The molecule has 7 heteroatoms. The van der Waals surface area contributed by atoms with Crippen molar-refractivity contribution in [2.75, 3.05) is 5.32 Å². The monoisotopic (exact) mass is 309 g/mol. The van der Waals surface area contributed by atoms with Crippen molar-refractivity contribution >= 4 is 32.5 Å². The number of carbonyl (C=O) groups excluding carboxylic acids is 1. The van der Waals surface area contributed by atoms with Gasteiger partial charge in [0.25, 0.3) is 10.1 Å². The average Bonchev–Trinajstić information content (AvgIpc) is 2.36. The summed E-state index contributed by atoms with van der Waals surface area (Å²) < 4.78 is 32.0. The summed E-state index contributed by atoms with van der Waals surface area (Å²) >= 11 is 0. The highest BCUT2D eigenvalue weighted by Crippen LogP contribution is 2.30. The first-order chi connectivity index (χ1) is 9.68. The summed E-state index contributed by atoms with van der Waals surface area (Å²) in [6.07, 6.45) is 0. The zero-order valence-corrected chi connectivity index (χ0v) is 12.3. The summed E-state index contributed by atoms with van der Waals surface area (Å²) in [5.41, 5.74) is 0.414. The lowest BCUT2D eigenvalue weighted by molar-refractivity contribution is -0.118. The van der Waals surface area contributed by atoms with Crippen LogP contribution in [-0.2, 0) is 14.9 Å². The lowest BCUT2D eigenvalue weighted by atomic mass is 10.1. The molecule has 6 nitrogen and oxygen atoms in total. The Labute approximate surface area is 122 Å². The molecule has 112 valence electrons. The third-order valence-corrected chi connectivity index (χ3v) is 3.86. The molecule has 0 aromatic heterocycles. The quantitative estimate of drug-likeness (QED) is 0.755. The molecule has 0 saturated heterocycles. The van der Waals surface area contributed by atoms with E-state index in [9.17, 15) is 22.9 Å². The van der Waals surface area contributed by atoms with Crippen molar-refractivity contribution in [1.82, 2.24) is 0 Å². The van der Waals surface area contributed by atoms with Crippen LogP contribution in [0.1, 0.15) is 13.8 Å². The molecule has 0 unspecified atom stereocenters. The molecule has 0 heterocycles. The molecule has 0 saturated carbocycles. The Morgan fingerprint density at radius 3 is 2.43 bits per heavy atom. The summed E-state index contributed by atoms with van der Waals surface area (Å²) in [6, 6.07) is 6.93. The third kappa shape index (κ3) is 3.32. The van der Waals surface area contributed by atoms with Gasteiger partial charge in [0, 0.05) is 23.1 Å². The Morgan fingerprint density at radius 2 is 1.86 bits per heavy atom. The van der Waals surface area contributed by atoms with Crippen molar-refractivity contribution in [3.8, 4) is 5.75 Å². The van der Waals surface area contributed by atoms with Crippen molar-refractivity contribution in [1.29, 1.82) is 0 Å². The van der Waals surface area contributed by atoms with Gasteiger partial charge in [0.1, 0.15) is 10.6 Å². The highest BCUT2D eigenvalue weighted by molar-refractivity contribution is 7.86. The summed E-state index contributed by atoms with van der Waals surface area (Å²) in [5.74, 6) is -0.697. The molecule has 0 spiro atoms. The standard InChI is InChI=1S/C14H15NO5S/c1-8(2)14(17)15-10-4-3-9-5-11(16)7-13(12(9)6-10)21(18,19)20/h3-8,16H,1-2H3,(H,15,17)(H,18,19,20). The number of phenolic OH excluding ortho intramolecular Hbond substituents is 1. The van der Waals surface area contributed by atoms with E-state index in [2.05, 4.69) is 5.32 Å². The number of amides is 1. The molecular formula is C14H15NO5S. The van der Waals surface area contributed by atoms with E-state index in [0.29, 0.717) is 11.1 Å². The van der Waals surface area contributed by atoms with E-state index in [1.165, 1.54) is 12.1 Å². The number of anilines is 1. The summed E-state index contributed by atoms with van der Waals surface area (Å²) in [6.45, 7) is 3.47. The van der Waals surface area contributed by atoms with Gasteiger partial charge in [-0.25, -0.2) is 0 Å². The van der Waals surface area contributed by atoms with Crippen molar-refractivity contribution in [3.63, 3.8) is 0 Å². The highest BCUT2D eigenvalue weighted by Gasteiger charge is 2.16. The minimum atomic E-state index is -4.49. The first-order valence-corrected chi connectivity index (χ1v) is 7.67. The molecule has 0 atom stereocenters. The molecule has 21 heavy (non-hydrogen) atoms. The van der Waals surface area contributed by atoms with Gasteiger partial charge in [-0.3, -0.25) is 9.35 Å². The van der Waals surface area contributed by atoms with Crippen LogP contribution in [0.15, 0.2) is 35.2 Å². The maximum absolute atomic E-state index is 11.7. The first-order valence-electron chi connectivity index (χ1n) is 6.23. The molecule has 2 rings (SSSR count). The lowest BCUT2D eigenvalue weighted by Gasteiger charge is -2.10.